The van der Waals surface area contributed by atoms with Crippen molar-refractivity contribution in [1.29, 1.82) is 0 Å². The predicted molar refractivity (Wildman–Crippen MR) is 86.2 cm³/mol. The van der Waals surface area contributed by atoms with E-state index in [1.807, 2.05) is 24.4 Å². The third-order valence-corrected chi connectivity index (χ3v) is 4.52. The van der Waals surface area contributed by atoms with Crippen molar-refractivity contribution in [2.45, 2.75) is 0 Å². The minimum atomic E-state index is -0.139. The van der Waals surface area contributed by atoms with Crippen molar-refractivity contribution >= 4 is 22.5 Å². The predicted octanol–water partition coefficient (Wildman–Crippen LogP) is 0.863. The van der Waals surface area contributed by atoms with Gasteiger partial charge < -0.3 is 9.88 Å². The maximum atomic E-state index is 12.2. The number of carbonyl (C=O) groups excluding carboxylic acids is 1. The first-order valence-electron chi connectivity index (χ1n) is 7.60. The smallest absolute Gasteiger partial charge is 0.272 e. The molecule has 114 valence electrons. The maximum Gasteiger partial charge on any atom is 0.272 e. The summed E-state index contributed by atoms with van der Waals surface area (Å²) in [5, 5.41) is 5.35. The van der Waals surface area contributed by atoms with E-state index in [1.165, 1.54) is 0 Å². The van der Waals surface area contributed by atoms with Gasteiger partial charge in [-0.25, -0.2) is 5.43 Å². The monoisotopic (exact) mass is 297 g/mol. The molecule has 2 aliphatic heterocycles. The highest BCUT2D eigenvalue weighted by Gasteiger charge is 2.23. The highest BCUT2D eigenvalue weighted by atomic mass is 16.2. The average Bonchev–Trinajstić information content (AvgIpc) is 2.91. The molecule has 3 heterocycles. The van der Waals surface area contributed by atoms with Crippen molar-refractivity contribution < 1.29 is 4.79 Å². The van der Waals surface area contributed by atoms with Gasteiger partial charge in [0.15, 0.2) is 0 Å². The van der Waals surface area contributed by atoms with Gasteiger partial charge in [0.2, 0.25) is 0 Å². The van der Waals surface area contributed by atoms with Gasteiger partial charge in [0, 0.05) is 55.4 Å². The fourth-order valence-electron chi connectivity index (χ4n) is 3.18. The van der Waals surface area contributed by atoms with Crippen molar-refractivity contribution in [2.24, 2.45) is 5.10 Å². The lowest BCUT2D eigenvalue weighted by atomic mass is 10.0. The van der Waals surface area contributed by atoms with Crippen LogP contribution in [-0.4, -0.2) is 66.2 Å². The first-order chi connectivity index (χ1) is 10.7. The van der Waals surface area contributed by atoms with Crippen LogP contribution in [0.3, 0.4) is 0 Å². The van der Waals surface area contributed by atoms with Crippen LogP contribution in [0.5, 0.6) is 0 Å². The summed E-state index contributed by atoms with van der Waals surface area (Å²) in [6, 6.07) is 5.74. The molecule has 6 heteroatoms. The molecule has 0 radical (unpaired) electrons. The van der Waals surface area contributed by atoms with E-state index in [-0.39, 0.29) is 5.91 Å². The van der Waals surface area contributed by atoms with Gasteiger partial charge in [0.25, 0.3) is 5.91 Å². The molecule has 1 amide bonds. The quantitative estimate of drug-likeness (QED) is 0.864. The summed E-state index contributed by atoms with van der Waals surface area (Å²) in [5.41, 5.74) is 6.31. The Balaban J connectivity index is 1.69. The third kappa shape index (κ3) is 2.20. The summed E-state index contributed by atoms with van der Waals surface area (Å²) in [5.74, 6) is -0.139. The molecular weight excluding hydrogens is 278 g/mol. The molecule has 0 bridgehead atoms. The molecule has 0 spiro atoms. The van der Waals surface area contributed by atoms with Gasteiger partial charge in [-0.3, -0.25) is 9.69 Å². The van der Waals surface area contributed by atoms with E-state index in [9.17, 15) is 4.79 Å². The molecule has 1 fully saturated rings. The molecule has 0 atom stereocenters. The van der Waals surface area contributed by atoms with Crippen LogP contribution in [0.15, 0.2) is 29.5 Å². The van der Waals surface area contributed by atoms with Crippen molar-refractivity contribution in [3.8, 4) is 0 Å². The highest BCUT2D eigenvalue weighted by molar-refractivity contribution is 6.19. The van der Waals surface area contributed by atoms with Gasteiger partial charge in [-0.2, -0.15) is 5.10 Å². The second-order valence-electron chi connectivity index (χ2n) is 6.01. The normalized spacial score (nSPS) is 19.9. The molecule has 22 heavy (non-hydrogen) atoms. The van der Waals surface area contributed by atoms with Crippen molar-refractivity contribution in [2.75, 3.05) is 39.8 Å². The summed E-state index contributed by atoms with van der Waals surface area (Å²) in [6.45, 7) is 4.95. The second-order valence-corrected chi connectivity index (χ2v) is 6.01. The average molecular weight is 297 g/mol. The number of carbonyl (C=O) groups is 1. The van der Waals surface area contributed by atoms with Crippen LogP contribution in [0, 0.1) is 0 Å². The Labute approximate surface area is 128 Å². The number of nitrogens with one attached hydrogen (secondary N) is 2. The number of hydrazone groups is 1. The number of piperazine rings is 1. The molecule has 1 aromatic heterocycles. The molecule has 1 saturated heterocycles. The van der Waals surface area contributed by atoms with E-state index in [0.717, 1.165) is 54.9 Å². The van der Waals surface area contributed by atoms with Gasteiger partial charge >= 0.3 is 0 Å². The van der Waals surface area contributed by atoms with Crippen molar-refractivity contribution in [3.05, 3.63) is 35.5 Å². The van der Waals surface area contributed by atoms with Crippen LogP contribution >= 0.6 is 0 Å². The van der Waals surface area contributed by atoms with Crippen molar-refractivity contribution in [3.63, 3.8) is 0 Å². The first-order valence-corrected chi connectivity index (χ1v) is 7.60. The number of aromatic nitrogens is 1. The molecule has 6 nitrogen and oxygen atoms in total. The van der Waals surface area contributed by atoms with E-state index in [4.69, 9.17) is 0 Å². The number of hydrogen-bond acceptors (Lipinski definition) is 4. The number of H-pyrrole nitrogens is 1. The first kappa shape index (κ1) is 13.5. The lowest BCUT2D eigenvalue weighted by Gasteiger charge is -2.32. The number of rotatable bonds is 2. The van der Waals surface area contributed by atoms with Gasteiger partial charge in [-0.1, -0.05) is 6.07 Å². The molecule has 4 rings (SSSR count). The van der Waals surface area contributed by atoms with Crippen LogP contribution in [0.2, 0.25) is 0 Å². The molecular formula is C16H19N5O. The molecule has 0 saturated carbocycles. The molecule has 0 aliphatic carbocycles. The topological polar surface area (TPSA) is 63.7 Å². The fourth-order valence-corrected chi connectivity index (χ4v) is 3.18. The van der Waals surface area contributed by atoms with Crippen LogP contribution in [0.1, 0.15) is 15.9 Å². The molecule has 1 aromatic carbocycles. The van der Waals surface area contributed by atoms with Crippen LogP contribution in [0.25, 0.3) is 10.9 Å². The van der Waals surface area contributed by atoms with Gasteiger partial charge in [-0.05, 0) is 19.2 Å². The SMILES string of the molecule is CN1CCN(CC2=NNC(=O)c3cccc4[nH]cc2c34)CC1. The summed E-state index contributed by atoms with van der Waals surface area (Å²) >= 11 is 0. The summed E-state index contributed by atoms with van der Waals surface area (Å²) < 4.78 is 0. The Bertz CT molecular complexity index is 755. The Morgan fingerprint density at radius 1 is 1.18 bits per heavy atom. The van der Waals surface area contributed by atoms with Crippen LogP contribution < -0.4 is 5.43 Å². The zero-order valence-corrected chi connectivity index (χ0v) is 12.6. The number of hydrogen-bond donors (Lipinski definition) is 2. The van der Waals surface area contributed by atoms with Gasteiger partial charge in [0.05, 0.1) is 11.3 Å². The Kier molecular flexibility index (Phi) is 3.20. The zero-order valence-electron chi connectivity index (χ0n) is 12.6. The Morgan fingerprint density at radius 3 is 2.82 bits per heavy atom. The number of likely N-dealkylation sites (N-methyl/N-ethyl adjacent to an activating group) is 1. The van der Waals surface area contributed by atoms with Crippen molar-refractivity contribution in [1.82, 2.24) is 20.2 Å². The standard InChI is InChI=1S/C16H19N5O/c1-20-5-7-21(8-6-20)10-14-12-9-17-13-4-2-3-11(15(12)13)16(22)19-18-14/h2-4,9,17H,5-8,10H2,1H3,(H,19,22). The minimum Gasteiger partial charge on any atom is -0.360 e. The van der Waals surface area contributed by atoms with E-state index < -0.39 is 0 Å². The Morgan fingerprint density at radius 2 is 2.00 bits per heavy atom. The summed E-state index contributed by atoms with van der Waals surface area (Å²) in [4.78, 5) is 20.2. The van der Waals surface area contributed by atoms with Gasteiger partial charge in [-0.15, -0.1) is 0 Å². The zero-order chi connectivity index (χ0) is 15.1. The number of aromatic amines is 1. The lowest BCUT2D eigenvalue weighted by Crippen LogP contribution is -2.46. The number of nitrogens with zero attached hydrogens (tertiary/aromatic N) is 3. The largest absolute Gasteiger partial charge is 0.360 e. The fraction of sp³-hybridized carbons (Fsp3) is 0.375. The summed E-state index contributed by atoms with van der Waals surface area (Å²) in [6.07, 6.45) is 1.96. The Hall–Kier alpha value is -2.18. The second kappa shape index (κ2) is 5.23. The third-order valence-electron chi connectivity index (χ3n) is 4.52. The molecule has 2 aliphatic rings. The van der Waals surface area contributed by atoms with E-state index in [1.54, 1.807) is 0 Å². The molecule has 0 unspecified atom stereocenters. The minimum absolute atomic E-state index is 0.139. The van der Waals surface area contributed by atoms with Gasteiger partial charge in [0.1, 0.15) is 0 Å². The molecule has 2 aromatic rings. The summed E-state index contributed by atoms with van der Waals surface area (Å²) in [7, 11) is 2.15. The lowest BCUT2D eigenvalue weighted by molar-refractivity contribution is 0.0956. The van der Waals surface area contributed by atoms with E-state index in [2.05, 4.69) is 32.4 Å². The van der Waals surface area contributed by atoms with E-state index >= 15 is 0 Å². The van der Waals surface area contributed by atoms with Crippen LogP contribution in [-0.2, 0) is 0 Å². The maximum absolute atomic E-state index is 12.2. The molecule has 2 N–H and O–H groups in total. The van der Waals surface area contributed by atoms with E-state index in [0.29, 0.717) is 5.56 Å². The van der Waals surface area contributed by atoms with Crippen LogP contribution in [0.4, 0.5) is 0 Å². The highest BCUT2D eigenvalue weighted by Crippen LogP contribution is 2.25. The number of amides is 1. The number of benzene rings is 1.